The van der Waals surface area contributed by atoms with E-state index in [0.29, 0.717) is 49.3 Å². The topological polar surface area (TPSA) is 80.3 Å². The fourth-order valence-electron chi connectivity index (χ4n) is 3.49. The molecule has 5 aromatic rings. The van der Waals surface area contributed by atoms with Gasteiger partial charge in [0.1, 0.15) is 17.0 Å². The molecule has 10 heteroatoms. The maximum Gasteiger partial charge on any atom is 0.250 e. The predicted molar refractivity (Wildman–Crippen MR) is 152 cm³/mol. The lowest BCUT2D eigenvalue weighted by Gasteiger charge is -2.07. The molecule has 0 saturated heterocycles. The first-order chi connectivity index (χ1) is 17.8. The van der Waals surface area contributed by atoms with Gasteiger partial charge in [0.05, 0.1) is 0 Å². The van der Waals surface area contributed by atoms with Crippen molar-refractivity contribution in [3.8, 4) is 22.8 Å². The number of rotatable bonds is 5. The van der Waals surface area contributed by atoms with Crippen molar-refractivity contribution in [2.24, 2.45) is 0 Å². The third-order valence-corrected chi connectivity index (χ3v) is 6.04. The molecule has 3 aromatic carbocycles. The molecule has 0 spiro atoms. The number of amides is 1. The Morgan fingerprint density at radius 2 is 1.59 bits per heavy atom. The van der Waals surface area contributed by atoms with E-state index in [4.69, 9.17) is 55.9 Å². The number of aromatic nitrogens is 1. The van der Waals surface area contributed by atoms with E-state index in [2.05, 4.69) is 15.6 Å². The number of fused-ring (bicyclic) bond motifs is 1. The molecule has 0 aliphatic carbocycles. The summed E-state index contributed by atoms with van der Waals surface area (Å²) in [5.74, 6) is 1.11. The number of benzene rings is 3. The molecule has 0 radical (unpaired) electrons. The molecule has 0 bridgehead atoms. The van der Waals surface area contributed by atoms with Gasteiger partial charge in [0.25, 0.3) is 0 Å². The molecule has 0 unspecified atom stereocenters. The highest BCUT2D eigenvalue weighted by Gasteiger charge is 2.10. The fourth-order valence-corrected chi connectivity index (χ4v) is 4.36. The average Bonchev–Trinajstić information content (AvgIpc) is 3.49. The summed E-state index contributed by atoms with van der Waals surface area (Å²) in [4.78, 5) is 16.9. The van der Waals surface area contributed by atoms with Crippen molar-refractivity contribution in [1.29, 1.82) is 0 Å². The smallest absolute Gasteiger partial charge is 0.250 e. The van der Waals surface area contributed by atoms with E-state index >= 15 is 0 Å². The Hall–Kier alpha value is -3.62. The van der Waals surface area contributed by atoms with E-state index in [9.17, 15) is 4.79 Å². The molecule has 184 valence electrons. The molecular formula is C27H16Cl3N3O3S. The molecular weight excluding hydrogens is 553 g/mol. The SMILES string of the molecule is O=C(/C=C/c1ccc(-c2cc(Cl)cc(Cl)c2)o1)NC(=S)Nc1ccc2oc(-c3ccc(Cl)cc3)nc2c1. The molecule has 37 heavy (non-hydrogen) atoms. The highest BCUT2D eigenvalue weighted by Crippen LogP contribution is 2.29. The number of nitrogens with one attached hydrogen (secondary N) is 2. The lowest BCUT2D eigenvalue weighted by Crippen LogP contribution is -2.32. The van der Waals surface area contributed by atoms with Crippen molar-refractivity contribution in [1.82, 2.24) is 10.3 Å². The first-order valence-corrected chi connectivity index (χ1v) is 12.4. The zero-order valence-corrected chi connectivity index (χ0v) is 21.9. The van der Waals surface area contributed by atoms with Crippen molar-refractivity contribution in [2.75, 3.05) is 5.32 Å². The van der Waals surface area contributed by atoms with Gasteiger partial charge in [-0.15, -0.1) is 0 Å². The number of nitrogens with zero attached hydrogens (tertiary/aromatic N) is 1. The number of carbonyl (C=O) groups is 1. The summed E-state index contributed by atoms with van der Waals surface area (Å²) in [5, 5.41) is 7.34. The molecule has 5 rings (SSSR count). The number of furan rings is 1. The maximum atomic E-state index is 12.3. The largest absolute Gasteiger partial charge is 0.457 e. The number of halogens is 3. The Bertz CT molecular complexity index is 1640. The molecule has 0 aliphatic rings. The quantitative estimate of drug-likeness (QED) is 0.164. The van der Waals surface area contributed by atoms with Crippen molar-refractivity contribution in [2.45, 2.75) is 0 Å². The lowest BCUT2D eigenvalue weighted by molar-refractivity contribution is -0.115. The highest BCUT2D eigenvalue weighted by atomic mass is 35.5. The minimum atomic E-state index is -0.422. The normalized spacial score (nSPS) is 11.2. The number of oxazole rings is 1. The standard InChI is InChI=1S/C27H16Cl3N3O3S/c28-17-3-1-15(2-4-17)26-32-22-14-20(5-8-24(22)36-26)31-27(37)33-25(34)10-7-21-6-9-23(35-21)16-11-18(29)13-19(30)12-16/h1-14H,(H2,31,33,34,37)/b10-7+. The average molecular weight is 569 g/mol. The van der Waals surface area contributed by atoms with E-state index in [1.54, 1.807) is 60.7 Å². The number of carbonyl (C=O) groups excluding carboxylic acids is 1. The monoisotopic (exact) mass is 567 g/mol. The molecule has 6 nitrogen and oxygen atoms in total. The number of thiocarbonyl (C=S) groups is 1. The van der Waals surface area contributed by atoms with Crippen LogP contribution in [0.1, 0.15) is 5.76 Å². The van der Waals surface area contributed by atoms with E-state index in [0.717, 1.165) is 11.1 Å². The van der Waals surface area contributed by atoms with Gasteiger partial charge in [-0.3, -0.25) is 10.1 Å². The minimum absolute atomic E-state index is 0.129. The van der Waals surface area contributed by atoms with Gasteiger partial charge in [0.2, 0.25) is 11.8 Å². The van der Waals surface area contributed by atoms with Crippen molar-refractivity contribution in [3.63, 3.8) is 0 Å². The molecule has 0 atom stereocenters. The summed E-state index contributed by atoms with van der Waals surface area (Å²) in [6.07, 6.45) is 2.86. The van der Waals surface area contributed by atoms with Gasteiger partial charge in [-0.05, 0) is 91.1 Å². The van der Waals surface area contributed by atoms with Gasteiger partial charge in [-0.2, -0.15) is 0 Å². The van der Waals surface area contributed by atoms with Crippen LogP contribution in [0.5, 0.6) is 0 Å². The Morgan fingerprint density at radius 3 is 2.35 bits per heavy atom. The number of anilines is 1. The second kappa shape index (κ2) is 10.8. The van der Waals surface area contributed by atoms with Gasteiger partial charge in [0, 0.05) is 38.0 Å². The van der Waals surface area contributed by atoms with Crippen LogP contribution in [0.25, 0.3) is 40.0 Å². The first kappa shape index (κ1) is 25.0. The number of hydrogen-bond donors (Lipinski definition) is 2. The summed E-state index contributed by atoms with van der Waals surface area (Å²) in [6.45, 7) is 0. The van der Waals surface area contributed by atoms with Gasteiger partial charge < -0.3 is 14.2 Å². The van der Waals surface area contributed by atoms with Crippen molar-refractivity contribution < 1.29 is 13.6 Å². The van der Waals surface area contributed by atoms with Crippen LogP contribution in [0.4, 0.5) is 5.69 Å². The molecule has 0 saturated carbocycles. The van der Waals surface area contributed by atoms with E-state index < -0.39 is 5.91 Å². The fraction of sp³-hybridized carbons (Fsp3) is 0. The van der Waals surface area contributed by atoms with Crippen molar-refractivity contribution >= 4 is 80.9 Å². The van der Waals surface area contributed by atoms with Gasteiger partial charge in [0.15, 0.2) is 10.7 Å². The Labute approximate surface area is 231 Å². The third kappa shape index (κ3) is 6.21. The van der Waals surface area contributed by atoms with Crippen molar-refractivity contribution in [3.05, 3.63) is 99.7 Å². The van der Waals surface area contributed by atoms with Crippen LogP contribution in [-0.4, -0.2) is 16.0 Å². The van der Waals surface area contributed by atoms with Crippen LogP contribution in [0.15, 0.2) is 87.7 Å². The zero-order chi connectivity index (χ0) is 25.9. The summed E-state index contributed by atoms with van der Waals surface area (Å²) in [7, 11) is 0. The maximum absolute atomic E-state index is 12.3. The Balaban J connectivity index is 1.20. The second-order valence-corrected chi connectivity index (χ2v) is 9.56. The van der Waals surface area contributed by atoms with Gasteiger partial charge in [-0.25, -0.2) is 4.98 Å². The van der Waals surface area contributed by atoms with Gasteiger partial charge in [-0.1, -0.05) is 34.8 Å². The molecule has 2 N–H and O–H groups in total. The Morgan fingerprint density at radius 1 is 0.838 bits per heavy atom. The van der Waals surface area contributed by atoms with Crippen LogP contribution >= 0.6 is 47.0 Å². The van der Waals surface area contributed by atoms with Gasteiger partial charge >= 0.3 is 0 Å². The molecule has 1 amide bonds. The summed E-state index contributed by atoms with van der Waals surface area (Å²) >= 11 is 23.3. The van der Waals surface area contributed by atoms with Crippen LogP contribution in [0.3, 0.4) is 0 Å². The van der Waals surface area contributed by atoms with Crippen LogP contribution < -0.4 is 10.6 Å². The summed E-state index contributed by atoms with van der Waals surface area (Å²) in [6, 6.07) is 21.2. The first-order valence-electron chi connectivity index (χ1n) is 10.9. The molecule has 2 heterocycles. The van der Waals surface area contributed by atoms with E-state index in [1.807, 2.05) is 12.1 Å². The van der Waals surface area contributed by atoms with Crippen LogP contribution in [0, 0.1) is 0 Å². The van der Waals surface area contributed by atoms with Crippen LogP contribution in [0.2, 0.25) is 15.1 Å². The highest BCUT2D eigenvalue weighted by molar-refractivity contribution is 7.80. The summed E-state index contributed by atoms with van der Waals surface area (Å²) in [5.41, 5.74) is 3.44. The second-order valence-electron chi connectivity index (χ2n) is 7.85. The minimum Gasteiger partial charge on any atom is -0.457 e. The molecule has 0 aliphatic heterocycles. The Kier molecular flexibility index (Phi) is 7.30. The van der Waals surface area contributed by atoms with E-state index in [-0.39, 0.29) is 5.11 Å². The number of hydrogen-bond acceptors (Lipinski definition) is 5. The van der Waals surface area contributed by atoms with E-state index in [1.165, 1.54) is 12.2 Å². The summed E-state index contributed by atoms with van der Waals surface area (Å²) < 4.78 is 11.6. The lowest BCUT2D eigenvalue weighted by atomic mass is 10.2. The zero-order valence-electron chi connectivity index (χ0n) is 18.8. The molecule has 2 aromatic heterocycles. The predicted octanol–water partition coefficient (Wildman–Crippen LogP) is 8.24. The third-order valence-electron chi connectivity index (χ3n) is 5.15. The van der Waals surface area contributed by atoms with Crippen LogP contribution in [-0.2, 0) is 4.79 Å². The molecule has 0 fully saturated rings.